The van der Waals surface area contributed by atoms with Gasteiger partial charge >= 0.3 is 0 Å². The molecule has 0 atom stereocenters. The molecule has 2 nitrogen and oxygen atoms in total. The van der Waals surface area contributed by atoms with Gasteiger partial charge in [-0.15, -0.1) is 11.8 Å². The fraction of sp³-hybridized carbons (Fsp3) is 0.0769. The summed E-state index contributed by atoms with van der Waals surface area (Å²) in [5.74, 6) is 1.14. The smallest absolute Gasteiger partial charge is 0.129 e. The lowest BCUT2D eigenvalue weighted by Gasteiger charge is -2.04. The SMILES string of the molecule is Nc1cccc(CSc2ccccc2O)c1. The Bertz CT molecular complexity index is 485. The summed E-state index contributed by atoms with van der Waals surface area (Å²) < 4.78 is 0. The van der Waals surface area contributed by atoms with Crippen LogP contribution in [0.2, 0.25) is 0 Å². The minimum atomic E-state index is 0.330. The summed E-state index contributed by atoms with van der Waals surface area (Å²) in [6.07, 6.45) is 0. The van der Waals surface area contributed by atoms with E-state index in [9.17, 15) is 5.11 Å². The van der Waals surface area contributed by atoms with Crippen LogP contribution >= 0.6 is 11.8 Å². The molecule has 0 aromatic heterocycles. The van der Waals surface area contributed by atoms with Gasteiger partial charge in [0.2, 0.25) is 0 Å². The second kappa shape index (κ2) is 4.94. The van der Waals surface area contributed by atoms with Crippen molar-refractivity contribution in [2.75, 3.05) is 5.73 Å². The molecular formula is C13H13NOS. The molecule has 0 radical (unpaired) electrons. The Morgan fingerprint density at radius 2 is 1.88 bits per heavy atom. The maximum absolute atomic E-state index is 9.60. The van der Waals surface area contributed by atoms with Crippen LogP contribution in [-0.4, -0.2) is 5.11 Å². The third-order valence-electron chi connectivity index (χ3n) is 2.21. The molecule has 0 fully saturated rings. The normalized spacial score (nSPS) is 10.2. The van der Waals surface area contributed by atoms with Crippen molar-refractivity contribution in [2.24, 2.45) is 0 Å². The van der Waals surface area contributed by atoms with Gasteiger partial charge in [-0.25, -0.2) is 0 Å². The van der Waals surface area contributed by atoms with E-state index in [0.717, 1.165) is 21.9 Å². The molecule has 0 saturated carbocycles. The Balaban J connectivity index is 2.05. The fourth-order valence-electron chi connectivity index (χ4n) is 1.42. The number of hydrogen-bond acceptors (Lipinski definition) is 3. The molecule has 0 amide bonds. The van der Waals surface area contributed by atoms with Crippen molar-refractivity contribution in [3.63, 3.8) is 0 Å². The van der Waals surface area contributed by atoms with Crippen LogP contribution in [0, 0.1) is 0 Å². The molecule has 0 bridgehead atoms. The number of hydrogen-bond donors (Lipinski definition) is 2. The highest BCUT2D eigenvalue weighted by molar-refractivity contribution is 7.98. The van der Waals surface area contributed by atoms with Crippen LogP contribution in [-0.2, 0) is 5.75 Å². The van der Waals surface area contributed by atoms with Gasteiger partial charge in [0.05, 0.1) is 0 Å². The highest BCUT2D eigenvalue weighted by Crippen LogP contribution is 2.30. The second-order valence-corrected chi connectivity index (χ2v) is 4.52. The molecule has 2 aromatic rings. The standard InChI is InChI=1S/C13H13NOS/c14-11-5-3-4-10(8-11)9-16-13-7-2-1-6-12(13)15/h1-8,15H,9,14H2. The highest BCUT2D eigenvalue weighted by Gasteiger charge is 2.01. The number of aromatic hydroxyl groups is 1. The van der Waals surface area contributed by atoms with Crippen LogP contribution in [0.3, 0.4) is 0 Å². The monoisotopic (exact) mass is 231 g/mol. The largest absolute Gasteiger partial charge is 0.507 e. The van der Waals surface area contributed by atoms with Gasteiger partial charge in [0.1, 0.15) is 5.75 Å². The summed E-state index contributed by atoms with van der Waals surface area (Å²) in [5.41, 5.74) is 7.63. The van der Waals surface area contributed by atoms with Gasteiger partial charge < -0.3 is 10.8 Å². The first-order chi connectivity index (χ1) is 7.75. The van der Waals surface area contributed by atoms with Gasteiger partial charge in [-0.05, 0) is 29.8 Å². The first-order valence-electron chi connectivity index (χ1n) is 5.01. The summed E-state index contributed by atoms with van der Waals surface area (Å²) in [5, 5.41) is 9.60. The minimum Gasteiger partial charge on any atom is -0.507 e. The average Bonchev–Trinajstić information content (AvgIpc) is 2.28. The molecular weight excluding hydrogens is 218 g/mol. The van der Waals surface area contributed by atoms with Crippen molar-refractivity contribution in [3.8, 4) is 5.75 Å². The Morgan fingerprint density at radius 1 is 1.06 bits per heavy atom. The van der Waals surface area contributed by atoms with Gasteiger partial charge in [0.25, 0.3) is 0 Å². The Labute approximate surface area is 99.1 Å². The van der Waals surface area contributed by atoms with Crippen LogP contribution < -0.4 is 5.73 Å². The van der Waals surface area contributed by atoms with Crippen LogP contribution in [0.1, 0.15) is 5.56 Å². The molecule has 0 heterocycles. The quantitative estimate of drug-likeness (QED) is 0.629. The molecule has 16 heavy (non-hydrogen) atoms. The predicted octanol–water partition coefficient (Wildman–Crippen LogP) is 3.27. The lowest BCUT2D eigenvalue weighted by atomic mass is 10.2. The first kappa shape index (κ1) is 10.9. The third-order valence-corrected chi connectivity index (χ3v) is 3.34. The number of rotatable bonds is 3. The molecule has 0 aliphatic carbocycles. The molecule has 0 saturated heterocycles. The Hall–Kier alpha value is -1.61. The van der Waals surface area contributed by atoms with Gasteiger partial charge in [-0.1, -0.05) is 24.3 Å². The van der Waals surface area contributed by atoms with Crippen molar-refractivity contribution in [3.05, 3.63) is 54.1 Å². The highest BCUT2D eigenvalue weighted by atomic mass is 32.2. The third kappa shape index (κ3) is 2.70. The number of nitrogens with two attached hydrogens (primary N) is 1. The van der Waals surface area contributed by atoms with E-state index in [1.807, 2.05) is 42.5 Å². The van der Waals surface area contributed by atoms with Crippen molar-refractivity contribution in [1.82, 2.24) is 0 Å². The van der Waals surface area contributed by atoms with E-state index in [1.165, 1.54) is 0 Å². The number of benzene rings is 2. The maximum atomic E-state index is 9.60. The number of phenols is 1. The van der Waals surface area contributed by atoms with E-state index in [2.05, 4.69) is 0 Å². The van der Waals surface area contributed by atoms with Crippen LogP contribution in [0.4, 0.5) is 5.69 Å². The zero-order chi connectivity index (χ0) is 11.4. The Morgan fingerprint density at radius 3 is 2.62 bits per heavy atom. The summed E-state index contributed by atoms with van der Waals surface area (Å²) in [6, 6.07) is 15.1. The molecule has 0 aliphatic rings. The van der Waals surface area contributed by atoms with Crippen molar-refractivity contribution < 1.29 is 5.11 Å². The van der Waals surface area contributed by atoms with Crippen LogP contribution in [0.15, 0.2) is 53.4 Å². The number of anilines is 1. The van der Waals surface area contributed by atoms with Gasteiger partial charge in [0, 0.05) is 16.3 Å². The number of nitrogen functional groups attached to an aromatic ring is 1. The van der Waals surface area contributed by atoms with Gasteiger partial charge in [-0.3, -0.25) is 0 Å². The van der Waals surface area contributed by atoms with Gasteiger partial charge in [-0.2, -0.15) is 0 Å². The van der Waals surface area contributed by atoms with E-state index in [4.69, 9.17) is 5.73 Å². The zero-order valence-electron chi connectivity index (χ0n) is 8.76. The molecule has 2 rings (SSSR count). The molecule has 0 unspecified atom stereocenters. The lowest BCUT2D eigenvalue weighted by Crippen LogP contribution is -1.86. The lowest BCUT2D eigenvalue weighted by molar-refractivity contribution is 0.462. The fourth-order valence-corrected chi connectivity index (χ4v) is 2.32. The van der Waals surface area contributed by atoms with Crippen molar-refractivity contribution >= 4 is 17.4 Å². The van der Waals surface area contributed by atoms with Gasteiger partial charge in [0.15, 0.2) is 0 Å². The average molecular weight is 231 g/mol. The van der Waals surface area contributed by atoms with E-state index in [1.54, 1.807) is 17.8 Å². The van der Waals surface area contributed by atoms with Crippen molar-refractivity contribution in [2.45, 2.75) is 10.6 Å². The number of para-hydroxylation sites is 1. The topological polar surface area (TPSA) is 46.2 Å². The van der Waals surface area contributed by atoms with Crippen LogP contribution in [0.25, 0.3) is 0 Å². The second-order valence-electron chi connectivity index (χ2n) is 3.50. The molecule has 3 N–H and O–H groups in total. The summed E-state index contributed by atoms with van der Waals surface area (Å²) >= 11 is 1.60. The number of phenolic OH excluding ortho intramolecular Hbond substituents is 1. The summed E-state index contributed by atoms with van der Waals surface area (Å²) in [7, 11) is 0. The van der Waals surface area contributed by atoms with E-state index < -0.39 is 0 Å². The zero-order valence-corrected chi connectivity index (χ0v) is 9.58. The summed E-state index contributed by atoms with van der Waals surface area (Å²) in [4.78, 5) is 0.893. The number of thioether (sulfide) groups is 1. The predicted molar refractivity (Wildman–Crippen MR) is 68.5 cm³/mol. The maximum Gasteiger partial charge on any atom is 0.129 e. The van der Waals surface area contributed by atoms with E-state index in [0.29, 0.717) is 5.75 Å². The molecule has 3 heteroatoms. The summed E-state index contributed by atoms with van der Waals surface area (Å²) in [6.45, 7) is 0. The molecule has 2 aromatic carbocycles. The minimum absolute atomic E-state index is 0.330. The van der Waals surface area contributed by atoms with Crippen molar-refractivity contribution in [1.29, 1.82) is 0 Å². The first-order valence-corrected chi connectivity index (χ1v) is 5.99. The van der Waals surface area contributed by atoms with E-state index >= 15 is 0 Å². The Kier molecular flexibility index (Phi) is 3.37. The molecule has 82 valence electrons. The molecule has 0 spiro atoms. The van der Waals surface area contributed by atoms with Crippen LogP contribution in [0.5, 0.6) is 5.75 Å². The molecule has 0 aliphatic heterocycles. The van der Waals surface area contributed by atoms with E-state index in [-0.39, 0.29) is 0 Å².